The standard InChI is InChI=1S/C12H12O2S/c1-12(11(14)15-2)7-8-5-3-4-6-9(8)10(12)13/h3-6H,7H2,1-2H3. The Labute approximate surface area is 93.1 Å². The van der Waals surface area contributed by atoms with Crippen LogP contribution in [0.5, 0.6) is 0 Å². The van der Waals surface area contributed by atoms with Crippen molar-refractivity contribution in [2.24, 2.45) is 5.41 Å². The van der Waals surface area contributed by atoms with Crippen LogP contribution in [0.3, 0.4) is 0 Å². The molecule has 1 aliphatic rings. The van der Waals surface area contributed by atoms with Crippen LogP contribution in [-0.2, 0) is 11.2 Å². The van der Waals surface area contributed by atoms with E-state index in [2.05, 4.69) is 0 Å². The Bertz CT molecular complexity index is 439. The lowest BCUT2D eigenvalue weighted by molar-refractivity contribution is -0.116. The summed E-state index contributed by atoms with van der Waals surface area (Å²) < 4.78 is 0. The number of carbonyl (C=O) groups excluding carboxylic acids is 2. The molecule has 0 aliphatic heterocycles. The lowest BCUT2D eigenvalue weighted by Crippen LogP contribution is -2.31. The van der Waals surface area contributed by atoms with E-state index in [1.165, 1.54) is 0 Å². The highest BCUT2D eigenvalue weighted by atomic mass is 32.2. The van der Waals surface area contributed by atoms with Crippen LogP contribution < -0.4 is 0 Å². The van der Waals surface area contributed by atoms with Crippen molar-refractivity contribution >= 4 is 22.7 Å². The Morgan fingerprint density at radius 3 is 2.67 bits per heavy atom. The van der Waals surface area contributed by atoms with E-state index in [9.17, 15) is 9.59 Å². The molecule has 1 aromatic carbocycles. The van der Waals surface area contributed by atoms with E-state index in [4.69, 9.17) is 0 Å². The molecule has 1 atom stereocenters. The third kappa shape index (κ3) is 1.42. The van der Waals surface area contributed by atoms with Gasteiger partial charge in [0.2, 0.25) is 5.12 Å². The molecule has 0 aromatic heterocycles. The molecule has 0 saturated carbocycles. The molecule has 0 radical (unpaired) electrons. The van der Waals surface area contributed by atoms with E-state index in [-0.39, 0.29) is 10.9 Å². The van der Waals surface area contributed by atoms with Gasteiger partial charge in [0.05, 0.1) is 0 Å². The Morgan fingerprint density at radius 2 is 2.07 bits per heavy atom. The van der Waals surface area contributed by atoms with E-state index in [0.717, 1.165) is 17.3 Å². The topological polar surface area (TPSA) is 34.1 Å². The van der Waals surface area contributed by atoms with Crippen LogP contribution in [0.4, 0.5) is 0 Å². The molecule has 0 spiro atoms. The molecule has 0 heterocycles. The molecular formula is C12H12O2S. The average molecular weight is 220 g/mol. The molecule has 0 fully saturated rings. The summed E-state index contributed by atoms with van der Waals surface area (Å²) in [6.45, 7) is 1.74. The molecule has 1 aliphatic carbocycles. The van der Waals surface area contributed by atoms with Crippen LogP contribution in [0.1, 0.15) is 22.8 Å². The van der Waals surface area contributed by atoms with Crippen molar-refractivity contribution in [3.05, 3.63) is 35.4 Å². The molecule has 0 N–H and O–H groups in total. The minimum Gasteiger partial charge on any atom is -0.293 e. The molecule has 15 heavy (non-hydrogen) atoms. The third-order valence-electron chi connectivity index (χ3n) is 2.94. The first-order chi connectivity index (χ1) is 7.09. The third-order valence-corrected chi connectivity index (χ3v) is 3.76. The van der Waals surface area contributed by atoms with Crippen LogP contribution in [0.2, 0.25) is 0 Å². The first-order valence-electron chi connectivity index (χ1n) is 4.81. The largest absolute Gasteiger partial charge is 0.293 e. The molecule has 3 heteroatoms. The van der Waals surface area contributed by atoms with Crippen molar-refractivity contribution in [2.75, 3.05) is 6.26 Å². The van der Waals surface area contributed by atoms with Gasteiger partial charge in [0, 0.05) is 5.56 Å². The summed E-state index contributed by atoms with van der Waals surface area (Å²) in [4.78, 5) is 23.8. The van der Waals surface area contributed by atoms with Gasteiger partial charge in [0.25, 0.3) is 0 Å². The monoisotopic (exact) mass is 220 g/mol. The maximum Gasteiger partial charge on any atom is 0.202 e. The second-order valence-corrected chi connectivity index (χ2v) is 4.77. The summed E-state index contributed by atoms with van der Waals surface area (Å²) in [5, 5.41) is -0.0382. The molecule has 1 unspecified atom stereocenters. The smallest absolute Gasteiger partial charge is 0.202 e. The summed E-state index contributed by atoms with van der Waals surface area (Å²) in [6.07, 6.45) is 2.27. The molecular weight excluding hydrogens is 208 g/mol. The van der Waals surface area contributed by atoms with Crippen LogP contribution in [0.15, 0.2) is 24.3 Å². The van der Waals surface area contributed by atoms with Crippen molar-refractivity contribution in [1.82, 2.24) is 0 Å². The van der Waals surface area contributed by atoms with Gasteiger partial charge >= 0.3 is 0 Å². The average Bonchev–Trinajstić information content (AvgIpc) is 2.52. The van der Waals surface area contributed by atoms with Gasteiger partial charge in [-0.25, -0.2) is 0 Å². The number of carbonyl (C=O) groups is 2. The van der Waals surface area contributed by atoms with Crippen LogP contribution in [-0.4, -0.2) is 17.2 Å². The van der Waals surface area contributed by atoms with Crippen LogP contribution >= 0.6 is 11.8 Å². The van der Waals surface area contributed by atoms with E-state index < -0.39 is 5.41 Å². The summed E-state index contributed by atoms with van der Waals surface area (Å²) in [5.74, 6) is -0.0301. The minimum atomic E-state index is -0.844. The van der Waals surface area contributed by atoms with Gasteiger partial charge < -0.3 is 0 Å². The molecule has 0 amide bonds. The van der Waals surface area contributed by atoms with Gasteiger partial charge in [0.15, 0.2) is 5.78 Å². The summed E-state index contributed by atoms with van der Waals surface area (Å²) in [6, 6.07) is 7.47. The normalized spacial score (nSPS) is 24.0. The van der Waals surface area contributed by atoms with Crippen molar-refractivity contribution in [2.45, 2.75) is 13.3 Å². The van der Waals surface area contributed by atoms with Crippen molar-refractivity contribution < 1.29 is 9.59 Å². The molecule has 0 saturated heterocycles. The van der Waals surface area contributed by atoms with Gasteiger partial charge in [-0.3, -0.25) is 9.59 Å². The maximum absolute atomic E-state index is 12.1. The highest BCUT2D eigenvalue weighted by Gasteiger charge is 2.46. The van der Waals surface area contributed by atoms with Gasteiger partial charge in [-0.15, -0.1) is 0 Å². The lowest BCUT2D eigenvalue weighted by Gasteiger charge is -2.18. The SMILES string of the molecule is CSC(=O)C1(C)Cc2ccccc2C1=O. The van der Waals surface area contributed by atoms with Crippen LogP contribution in [0, 0.1) is 5.41 Å². The zero-order chi connectivity index (χ0) is 11.1. The van der Waals surface area contributed by atoms with Crippen molar-refractivity contribution in [1.29, 1.82) is 0 Å². The second kappa shape index (κ2) is 3.49. The molecule has 2 rings (SSSR count). The van der Waals surface area contributed by atoms with Gasteiger partial charge in [0.1, 0.15) is 5.41 Å². The number of hydrogen-bond donors (Lipinski definition) is 0. The number of rotatable bonds is 1. The van der Waals surface area contributed by atoms with Crippen molar-refractivity contribution in [3.8, 4) is 0 Å². The Morgan fingerprint density at radius 1 is 1.40 bits per heavy atom. The van der Waals surface area contributed by atoms with E-state index >= 15 is 0 Å². The Hall–Kier alpha value is -1.09. The van der Waals surface area contributed by atoms with Crippen LogP contribution in [0.25, 0.3) is 0 Å². The fraction of sp³-hybridized carbons (Fsp3) is 0.333. The van der Waals surface area contributed by atoms with Crippen molar-refractivity contribution in [3.63, 3.8) is 0 Å². The number of fused-ring (bicyclic) bond motifs is 1. The first-order valence-corrected chi connectivity index (χ1v) is 6.03. The molecule has 1 aromatic rings. The highest BCUT2D eigenvalue weighted by molar-refractivity contribution is 8.13. The van der Waals surface area contributed by atoms with Gasteiger partial charge in [-0.2, -0.15) is 0 Å². The molecule has 78 valence electrons. The number of ketones is 1. The second-order valence-electron chi connectivity index (χ2n) is 3.99. The van der Waals surface area contributed by atoms with E-state index in [1.54, 1.807) is 19.2 Å². The van der Waals surface area contributed by atoms with E-state index in [1.807, 2.05) is 18.2 Å². The first kappa shape index (κ1) is 10.4. The summed E-state index contributed by atoms with van der Waals surface area (Å²) in [5.41, 5.74) is 0.859. The molecule has 0 bridgehead atoms. The minimum absolute atomic E-state index is 0.0301. The fourth-order valence-electron chi connectivity index (χ4n) is 2.04. The Kier molecular flexibility index (Phi) is 2.43. The maximum atomic E-state index is 12.1. The predicted octanol–water partition coefficient (Wildman–Crippen LogP) is 2.32. The summed E-state index contributed by atoms with van der Waals surface area (Å²) in [7, 11) is 0. The zero-order valence-corrected chi connectivity index (χ0v) is 9.56. The number of Topliss-reactive ketones (excluding diaryl/α,β-unsaturated/α-hetero) is 1. The lowest BCUT2D eigenvalue weighted by atomic mass is 9.88. The molecule has 2 nitrogen and oxygen atoms in total. The number of hydrogen-bond acceptors (Lipinski definition) is 3. The fourth-order valence-corrected chi connectivity index (χ4v) is 2.66. The zero-order valence-electron chi connectivity index (χ0n) is 8.74. The number of thioether (sulfide) groups is 1. The highest BCUT2D eigenvalue weighted by Crippen LogP contribution is 2.39. The van der Waals surface area contributed by atoms with Gasteiger partial charge in [-0.1, -0.05) is 36.0 Å². The quantitative estimate of drug-likeness (QED) is 0.681. The summed E-state index contributed by atoms with van der Waals surface area (Å²) >= 11 is 1.14. The number of benzene rings is 1. The Balaban J connectivity index is 2.47. The predicted molar refractivity (Wildman–Crippen MR) is 61.1 cm³/mol. The van der Waals surface area contributed by atoms with Gasteiger partial charge in [-0.05, 0) is 25.2 Å². The van der Waals surface area contributed by atoms with E-state index in [0.29, 0.717) is 12.0 Å².